The zero-order valence-corrected chi connectivity index (χ0v) is 15.2. The Morgan fingerprint density at radius 1 is 1.41 bits per heavy atom. The second kappa shape index (κ2) is 7.23. The lowest BCUT2D eigenvalue weighted by atomic mass is 10.1. The van der Waals surface area contributed by atoms with Gasteiger partial charge in [-0.1, -0.05) is 16.5 Å². The third kappa shape index (κ3) is 3.56. The maximum atomic E-state index is 12.7. The summed E-state index contributed by atoms with van der Waals surface area (Å²) in [4.78, 5) is 31.3. The van der Waals surface area contributed by atoms with E-state index in [2.05, 4.69) is 15.5 Å². The molecule has 9 nitrogen and oxygen atoms in total. The maximum Gasteiger partial charge on any atom is 0.413 e. The van der Waals surface area contributed by atoms with Gasteiger partial charge in [-0.15, -0.1) is 0 Å². The number of rotatable bonds is 4. The number of thiazole rings is 1. The molecular formula is C17H16N4O5S. The zero-order chi connectivity index (χ0) is 18.8. The highest BCUT2D eigenvalue weighted by Gasteiger charge is 2.27. The molecule has 140 valence electrons. The summed E-state index contributed by atoms with van der Waals surface area (Å²) in [6.45, 7) is 2.94. The molecule has 0 aliphatic carbocycles. The Hall–Kier alpha value is -3.14. The molecule has 0 bridgehead atoms. The lowest BCUT2D eigenvalue weighted by Crippen LogP contribution is -2.35. The molecule has 2 amide bonds. The first-order valence-electron chi connectivity index (χ1n) is 8.36. The predicted octanol–water partition coefficient (Wildman–Crippen LogP) is 3.16. The number of carbonyl (C=O) groups is 2. The van der Waals surface area contributed by atoms with E-state index in [-0.39, 0.29) is 18.2 Å². The number of aromatic nitrogens is 2. The Bertz CT molecular complexity index is 962. The van der Waals surface area contributed by atoms with Crippen molar-refractivity contribution >= 4 is 28.5 Å². The summed E-state index contributed by atoms with van der Waals surface area (Å²) in [5.74, 6) is 0.690. The highest BCUT2D eigenvalue weighted by atomic mass is 32.1. The predicted molar refractivity (Wildman–Crippen MR) is 95.4 cm³/mol. The van der Waals surface area contributed by atoms with Crippen molar-refractivity contribution in [1.29, 1.82) is 0 Å². The molecule has 0 radical (unpaired) electrons. The number of carbonyl (C=O) groups excluding carboxylic acids is 2. The molecule has 1 aliphatic rings. The van der Waals surface area contributed by atoms with Crippen LogP contribution in [0.1, 0.15) is 28.0 Å². The first-order valence-corrected chi connectivity index (χ1v) is 9.18. The summed E-state index contributed by atoms with van der Waals surface area (Å²) >= 11 is 1.33. The van der Waals surface area contributed by atoms with Crippen molar-refractivity contribution in [3.05, 3.63) is 40.7 Å². The van der Waals surface area contributed by atoms with Crippen molar-refractivity contribution in [2.75, 3.05) is 18.5 Å². The van der Waals surface area contributed by atoms with E-state index in [1.807, 2.05) is 0 Å². The van der Waals surface area contributed by atoms with Crippen LogP contribution in [0.2, 0.25) is 0 Å². The minimum atomic E-state index is -0.537. The zero-order valence-electron chi connectivity index (χ0n) is 14.4. The van der Waals surface area contributed by atoms with Crippen molar-refractivity contribution in [1.82, 2.24) is 15.0 Å². The summed E-state index contributed by atoms with van der Waals surface area (Å²) < 4.78 is 15.3. The van der Waals surface area contributed by atoms with Gasteiger partial charge >= 0.3 is 6.09 Å². The van der Waals surface area contributed by atoms with Crippen LogP contribution in [-0.2, 0) is 17.7 Å². The number of hydrogen-bond acceptors (Lipinski definition) is 8. The quantitative estimate of drug-likeness (QED) is 0.731. The van der Waals surface area contributed by atoms with Crippen LogP contribution in [-0.4, -0.2) is 40.2 Å². The van der Waals surface area contributed by atoms with Crippen LogP contribution in [0.5, 0.6) is 0 Å². The lowest BCUT2D eigenvalue weighted by molar-refractivity contribution is 0.0725. The van der Waals surface area contributed by atoms with E-state index in [4.69, 9.17) is 13.7 Å². The molecule has 4 rings (SSSR count). The number of amides is 2. The average Bonchev–Trinajstić information content (AvgIpc) is 3.39. The molecule has 0 atom stereocenters. The molecule has 3 aromatic heterocycles. The summed E-state index contributed by atoms with van der Waals surface area (Å²) in [5, 5.41) is 6.92. The highest BCUT2D eigenvalue weighted by molar-refractivity contribution is 7.15. The molecule has 0 saturated heterocycles. The SMILES string of the molecule is CCOC(=O)Nc1nc2c(s1)CN(C(=O)c1cc(-c3ccco3)on1)CC2. The van der Waals surface area contributed by atoms with Crippen LogP contribution in [0.4, 0.5) is 9.93 Å². The van der Waals surface area contributed by atoms with E-state index < -0.39 is 6.09 Å². The van der Waals surface area contributed by atoms with Crippen LogP contribution in [0.3, 0.4) is 0 Å². The van der Waals surface area contributed by atoms with Gasteiger partial charge in [-0.2, -0.15) is 0 Å². The number of nitrogens with one attached hydrogen (secondary N) is 1. The second-order valence-corrected chi connectivity index (χ2v) is 6.85. The fourth-order valence-corrected chi connectivity index (χ4v) is 3.76. The van der Waals surface area contributed by atoms with Gasteiger partial charge < -0.3 is 18.6 Å². The third-order valence-corrected chi connectivity index (χ3v) is 4.99. The minimum Gasteiger partial charge on any atom is -0.461 e. The Balaban J connectivity index is 1.45. The second-order valence-electron chi connectivity index (χ2n) is 5.76. The van der Waals surface area contributed by atoms with Crippen LogP contribution >= 0.6 is 11.3 Å². The lowest BCUT2D eigenvalue weighted by Gasteiger charge is -2.25. The molecule has 4 heterocycles. The molecule has 0 aromatic carbocycles. The number of furan rings is 1. The minimum absolute atomic E-state index is 0.222. The number of anilines is 1. The van der Waals surface area contributed by atoms with Crippen molar-refractivity contribution in [2.45, 2.75) is 19.9 Å². The average molecular weight is 388 g/mol. The molecule has 1 aliphatic heterocycles. The Labute approximate surface area is 157 Å². The molecule has 1 N–H and O–H groups in total. The first kappa shape index (κ1) is 17.3. The summed E-state index contributed by atoms with van der Waals surface area (Å²) in [6.07, 6.45) is 1.59. The summed E-state index contributed by atoms with van der Waals surface area (Å²) in [6, 6.07) is 5.03. The number of ether oxygens (including phenoxy) is 1. The van der Waals surface area contributed by atoms with E-state index in [0.29, 0.717) is 36.2 Å². The van der Waals surface area contributed by atoms with Gasteiger partial charge in [0.15, 0.2) is 16.6 Å². The van der Waals surface area contributed by atoms with Gasteiger partial charge in [-0.3, -0.25) is 10.1 Å². The van der Waals surface area contributed by atoms with Crippen LogP contribution in [0, 0.1) is 0 Å². The van der Waals surface area contributed by atoms with E-state index in [1.165, 1.54) is 17.6 Å². The van der Waals surface area contributed by atoms with E-state index in [0.717, 1.165) is 10.6 Å². The van der Waals surface area contributed by atoms with Gasteiger partial charge in [-0.25, -0.2) is 9.78 Å². The van der Waals surface area contributed by atoms with Crippen molar-refractivity contribution in [2.24, 2.45) is 0 Å². The van der Waals surface area contributed by atoms with E-state index in [9.17, 15) is 9.59 Å². The molecule has 0 spiro atoms. The van der Waals surface area contributed by atoms with E-state index >= 15 is 0 Å². The molecule has 0 saturated carbocycles. The topological polar surface area (TPSA) is 111 Å². The highest BCUT2D eigenvalue weighted by Crippen LogP contribution is 2.29. The monoisotopic (exact) mass is 388 g/mol. The van der Waals surface area contributed by atoms with Gasteiger partial charge in [0, 0.05) is 23.9 Å². The molecule has 0 unspecified atom stereocenters. The van der Waals surface area contributed by atoms with Crippen LogP contribution < -0.4 is 5.32 Å². The standard InChI is InChI=1S/C17H16N4O5S/c1-2-24-17(23)19-16-18-10-5-6-21(9-14(10)27-16)15(22)11-8-13(26-20-11)12-4-3-7-25-12/h3-4,7-8H,2,5-6,9H2,1H3,(H,18,19,23). The van der Waals surface area contributed by atoms with Crippen LogP contribution in [0.15, 0.2) is 33.4 Å². The summed E-state index contributed by atoms with van der Waals surface area (Å²) in [7, 11) is 0. The van der Waals surface area contributed by atoms with Crippen LogP contribution in [0.25, 0.3) is 11.5 Å². The third-order valence-electron chi connectivity index (χ3n) is 4.00. The number of fused-ring (bicyclic) bond motifs is 1. The van der Waals surface area contributed by atoms with Crippen molar-refractivity contribution < 1.29 is 23.3 Å². The molecule has 10 heteroatoms. The first-order chi connectivity index (χ1) is 13.1. The van der Waals surface area contributed by atoms with Gasteiger partial charge in [0.1, 0.15) is 0 Å². The summed E-state index contributed by atoms with van der Waals surface area (Å²) in [5.41, 5.74) is 1.10. The van der Waals surface area contributed by atoms with Gasteiger partial charge in [0.05, 0.1) is 25.1 Å². The van der Waals surface area contributed by atoms with Crippen molar-refractivity contribution in [3.8, 4) is 11.5 Å². The fourth-order valence-electron chi connectivity index (χ4n) is 2.75. The molecule has 0 fully saturated rings. The van der Waals surface area contributed by atoms with Gasteiger partial charge in [-0.05, 0) is 19.1 Å². The van der Waals surface area contributed by atoms with Crippen molar-refractivity contribution in [3.63, 3.8) is 0 Å². The Kier molecular flexibility index (Phi) is 4.63. The number of hydrogen-bond donors (Lipinski definition) is 1. The Morgan fingerprint density at radius 3 is 3.07 bits per heavy atom. The smallest absolute Gasteiger partial charge is 0.413 e. The molecular weight excluding hydrogens is 372 g/mol. The number of nitrogens with zero attached hydrogens (tertiary/aromatic N) is 3. The normalized spacial score (nSPS) is 13.3. The van der Waals surface area contributed by atoms with Gasteiger partial charge in [0.2, 0.25) is 5.76 Å². The fraction of sp³-hybridized carbons (Fsp3) is 0.294. The molecule has 3 aromatic rings. The molecule has 27 heavy (non-hydrogen) atoms. The van der Waals surface area contributed by atoms with Gasteiger partial charge in [0.25, 0.3) is 5.91 Å². The van der Waals surface area contributed by atoms with E-state index in [1.54, 1.807) is 30.0 Å². The maximum absolute atomic E-state index is 12.7. The Morgan fingerprint density at radius 2 is 2.30 bits per heavy atom. The largest absolute Gasteiger partial charge is 0.461 e.